The van der Waals surface area contributed by atoms with E-state index in [1.54, 1.807) is 11.3 Å². The molecule has 1 heterocycles. The molecule has 16 heavy (non-hydrogen) atoms. The number of nitrogens with zero attached hydrogens (tertiary/aromatic N) is 1. The lowest BCUT2D eigenvalue weighted by Gasteiger charge is -2.02. The molecule has 0 aliphatic carbocycles. The van der Waals surface area contributed by atoms with Crippen molar-refractivity contribution in [2.75, 3.05) is 32.2 Å². The number of hydrogen-bond donors (Lipinski definition) is 1. The van der Waals surface area contributed by atoms with Crippen LogP contribution in [0.25, 0.3) is 0 Å². The maximum atomic E-state index is 5.18. The highest BCUT2D eigenvalue weighted by Crippen LogP contribution is 1.99. The van der Waals surface area contributed by atoms with Gasteiger partial charge in [-0.1, -0.05) is 6.92 Å². The molecule has 0 unspecified atom stereocenters. The number of aryl methyl sites for hydroxylation is 1. The predicted octanol–water partition coefficient (Wildman–Crippen LogP) is 2.81. The van der Waals surface area contributed by atoms with Crippen molar-refractivity contribution in [2.24, 2.45) is 0 Å². The van der Waals surface area contributed by atoms with Crippen LogP contribution in [0.5, 0.6) is 0 Å². The lowest BCUT2D eigenvalue weighted by molar-refractivity contribution is 0.0542. The summed E-state index contributed by atoms with van der Waals surface area (Å²) >= 11 is 5.66. The molecular formula is C11H21NO2S2. The van der Waals surface area contributed by atoms with Gasteiger partial charge < -0.3 is 9.47 Å². The van der Waals surface area contributed by atoms with Crippen LogP contribution in [-0.2, 0) is 9.47 Å². The van der Waals surface area contributed by atoms with Gasteiger partial charge in [0, 0.05) is 23.4 Å². The lowest BCUT2D eigenvalue weighted by atomic mass is 10.5. The normalized spacial score (nSPS) is 9.69. The molecule has 0 spiro atoms. The van der Waals surface area contributed by atoms with Crippen LogP contribution < -0.4 is 0 Å². The van der Waals surface area contributed by atoms with Crippen molar-refractivity contribution in [3.8, 4) is 0 Å². The Hall–Kier alpha value is -0.100. The highest BCUT2D eigenvalue weighted by Gasteiger charge is 1.86. The summed E-state index contributed by atoms with van der Waals surface area (Å²) in [7, 11) is 0. The van der Waals surface area contributed by atoms with Gasteiger partial charge in [0.15, 0.2) is 0 Å². The van der Waals surface area contributed by atoms with Gasteiger partial charge in [0.25, 0.3) is 0 Å². The molecule has 1 aromatic heterocycles. The first-order chi connectivity index (χ1) is 7.81. The molecule has 0 aliphatic rings. The monoisotopic (exact) mass is 263 g/mol. The number of thiazole rings is 1. The molecule has 0 saturated heterocycles. The summed E-state index contributed by atoms with van der Waals surface area (Å²) in [5.41, 5.74) is 1.83. The molecule has 0 N–H and O–H groups in total. The second-order valence-corrected chi connectivity index (χ2v) is 4.60. The third-order valence-electron chi connectivity index (χ3n) is 1.51. The Morgan fingerprint density at radius 2 is 1.94 bits per heavy atom. The highest BCUT2D eigenvalue weighted by atomic mass is 32.1. The fourth-order valence-corrected chi connectivity index (χ4v) is 1.35. The number of ether oxygens (including phenoxy) is 2. The van der Waals surface area contributed by atoms with Crippen LogP contribution >= 0.6 is 24.0 Å². The van der Waals surface area contributed by atoms with Crippen molar-refractivity contribution >= 4 is 24.0 Å². The Labute approximate surface area is 108 Å². The van der Waals surface area contributed by atoms with Gasteiger partial charge in [-0.2, -0.15) is 12.6 Å². The number of thiol groups is 1. The Balaban J connectivity index is 0.000000315. The SMILES string of the molecule is CCCOCCOCCS.Cc1cncs1. The topological polar surface area (TPSA) is 31.4 Å². The van der Waals surface area contributed by atoms with E-state index in [0.29, 0.717) is 13.2 Å². The molecule has 0 bridgehead atoms. The molecule has 0 atom stereocenters. The predicted molar refractivity (Wildman–Crippen MR) is 72.6 cm³/mol. The Bertz CT molecular complexity index is 210. The van der Waals surface area contributed by atoms with Crippen LogP contribution in [0.1, 0.15) is 18.2 Å². The fourth-order valence-electron chi connectivity index (χ4n) is 0.810. The molecule has 3 nitrogen and oxygen atoms in total. The van der Waals surface area contributed by atoms with Gasteiger partial charge in [-0.15, -0.1) is 11.3 Å². The first-order valence-electron chi connectivity index (χ1n) is 5.42. The molecule has 0 radical (unpaired) electrons. The molecule has 0 saturated carbocycles. The van der Waals surface area contributed by atoms with Crippen molar-refractivity contribution < 1.29 is 9.47 Å². The van der Waals surface area contributed by atoms with E-state index in [2.05, 4.69) is 24.5 Å². The van der Waals surface area contributed by atoms with Gasteiger partial charge in [-0.05, 0) is 13.3 Å². The number of hydrogen-bond acceptors (Lipinski definition) is 5. The zero-order valence-corrected chi connectivity index (χ0v) is 11.7. The van der Waals surface area contributed by atoms with Crippen molar-refractivity contribution in [1.82, 2.24) is 4.98 Å². The third-order valence-corrected chi connectivity index (χ3v) is 2.40. The standard InChI is InChI=1S/C7H16O2S.C4H5NS/c1-2-3-8-4-5-9-6-7-10;1-4-2-5-3-6-4/h10H,2-7H2,1H3;2-3H,1H3. The summed E-state index contributed by atoms with van der Waals surface area (Å²) in [4.78, 5) is 5.11. The summed E-state index contributed by atoms with van der Waals surface area (Å²) in [6.07, 6.45) is 2.93. The Kier molecular flexibility index (Phi) is 12.9. The van der Waals surface area contributed by atoms with Crippen molar-refractivity contribution in [1.29, 1.82) is 0 Å². The first-order valence-corrected chi connectivity index (χ1v) is 6.94. The summed E-state index contributed by atoms with van der Waals surface area (Å²) in [5.74, 6) is 0.785. The van der Waals surface area contributed by atoms with Crippen molar-refractivity contribution in [3.05, 3.63) is 16.6 Å². The van der Waals surface area contributed by atoms with Crippen LogP contribution in [0.2, 0.25) is 0 Å². The van der Waals surface area contributed by atoms with Crippen molar-refractivity contribution in [2.45, 2.75) is 20.3 Å². The van der Waals surface area contributed by atoms with E-state index in [1.807, 2.05) is 18.6 Å². The largest absolute Gasteiger partial charge is 0.379 e. The van der Waals surface area contributed by atoms with Crippen LogP contribution in [-0.4, -0.2) is 37.2 Å². The first kappa shape index (κ1) is 15.9. The van der Waals surface area contributed by atoms with E-state index in [0.717, 1.165) is 25.4 Å². The van der Waals surface area contributed by atoms with Crippen LogP contribution in [0.4, 0.5) is 0 Å². The second kappa shape index (κ2) is 13.0. The quantitative estimate of drug-likeness (QED) is 0.606. The van der Waals surface area contributed by atoms with E-state index in [9.17, 15) is 0 Å². The fraction of sp³-hybridized carbons (Fsp3) is 0.727. The van der Waals surface area contributed by atoms with Gasteiger partial charge in [-0.3, -0.25) is 4.98 Å². The van der Waals surface area contributed by atoms with Crippen LogP contribution in [0.3, 0.4) is 0 Å². The molecular weight excluding hydrogens is 242 g/mol. The minimum absolute atomic E-state index is 0.695. The van der Waals surface area contributed by atoms with Gasteiger partial charge in [0.1, 0.15) is 0 Å². The molecule has 94 valence electrons. The van der Waals surface area contributed by atoms with E-state index in [4.69, 9.17) is 9.47 Å². The average molecular weight is 263 g/mol. The molecule has 0 fully saturated rings. The molecule has 1 rings (SSSR count). The highest BCUT2D eigenvalue weighted by molar-refractivity contribution is 7.80. The molecule has 0 aromatic carbocycles. The second-order valence-electron chi connectivity index (χ2n) is 3.06. The molecule has 5 heteroatoms. The van der Waals surface area contributed by atoms with E-state index in [-0.39, 0.29) is 0 Å². The van der Waals surface area contributed by atoms with Crippen molar-refractivity contribution in [3.63, 3.8) is 0 Å². The minimum atomic E-state index is 0.695. The maximum Gasteiger partial charge on any atom is 0.0794 e. The van der Waals surface area contributed by atoms with Gasteiger partial charge in [0.2, 0.25) is 0 Å². The number of aromatic nitrogens is 1. The molecule has 0 aliphatic heterocycles. The van der Waals surface area contributed by atoms with Gasteiger partial charge >= 0.3 is 0 Å². The summed E-state index contributed by atoms with van der Waals surface area (Å²) in [6.45, 7) is 7.09. The zero-order valence-electron chi connectivity index (χ0n) is 10.0. The average Bonchev–Trinajstić information content (AvgIpc) is 2.75. The van der Waals surface area contributed by atoms with E-state index in [1.165, 1.54) is 4.88 Å². The Morgan fingerprint density at radius 3 is 2.31 bits per heavy atom. The smallest absolute Gasteiger partial charge is 0.0794 e. The minimum Gasteiger partial charge on any atom is -0.379 e. The maximum absolute atomic E-state index is 5.18. The van der Waals surface area contributed by atoms with Crippen LogP contribution in [0, 0.1) is 6.92 Å². The summed E-state index contributed by atoms with van der Waals surface area (Å²) < 4.78 is 10.3. The lowest BCUT2D eigenvalue weighted by Crippen LogP contribution is -2.06. The molecule has 0 amide bonds. The Morgan fingerprint density at radius 1 is 1.25 bits per heavy atom. The summed E-state index contributed by atoms with van der Waals surface area (Å²) in [6, 6.07) is 0. The van der Waals surface area contributed by atoms with Gasteiger partial charge in [0.05, 0.1) is 25.3 Å². The van der Waals surface area contributed by atoms with Gasteiger partial charge in [-0.25, -0.2) is 0 Å². The van der Waals surface area contributed by atoms with Crippen LogP contribution in [0.15, 0.2) is 11.7 Å². The summed E-state index contributed by atoms with van der Waals surface area (Å²) in [5, 5.41) is 0. The molecule has 1 aromatic rings. The zero-order chi connectivity index (χ0) is 12.1. The van der Waals surface area contributed by atoms with E-state index >= 15 is 0 Å². The third kappa shape index (κ3) is 12.0. The number of rotatable bonds is 7. The van der Waals surface area contributed by atoms with E-state index < -0.39 is 0 Å².